The normalized spacial score (nSPS) is 21.4. The first kappa shape index (κ1) is 26.6. The lowest BCUT2D eigenvalue weighted by Crippen LogP contribution is -2.66. The van der Waals surface area contributed by atoms with Gasteiger partial charge >= 0.3 is 5.97 Å². The van der Waals surface area contributed by atoms with E-state index in [1.165, 1.54) is 36.8 Å². The number of carboxylic acids is 1. The summed E-state index contributed by atoms with van der Waals surface area (Å²) in [6.45, 7) is -1.32. The van der Waals surface area contributed by atoms with Crippen molar-refractivity contribution in [1.82, 2.24) is 25.9 Å². The van der Waals surface area contributed by atoms with Crippen molar-refractivity contribution in [2.45, 2.75) is 30.7 Å². The molecule has 2 heterocycles. The average molecular weight is 505 g/mol. The van der Waals surface area contributed by atoms with Crippen LogP contribution in [0.2, 0.25) is 0 Å². The highest BCUT2D eigenvalue weighted by Crippen LogP contribution is 2.20. The predicted molar refractivity (Wildman–Crippen MR) is 121 cm³/mol. The number of carbonyl (C=O) groups is 4. The fourth-order valence-corrected chi connectivity index (χ4v) is 3.63. The quantitative estimate of drug-likeness (QED) is 0.185. The van der Waals surface area contributed by atoms with Crippen molar-refractivity contribution in [3.05, 3.63) is 48.0 Å². The molecule has 4 unspecified atom stereocenters. The molecule has 1 saturated heterocycles. The summed E-state index contributed by atoms with van der Waals surface area (Å²) in [6.07, 6.45) is 0.507. The first-order valence-electron chi connectivity index (χ1n) is 11.0. The number of aliphatic carboxylic acids is 1. The second-order valence-corrected chi connectivity index (χ2v) is 7.92. The first-order valence-corrected chi connectivity index (χ1v) is 11.0. The lowest BCUT2D eigenvalue weighted by molar-refractivity contribution is -0.157. The van der Waals surface area contributed by atoms with E-state index < -0.39 is 61.2 Å². The molecule has 7 N–H and O–H groups in total. The summed E-state index contributed by atoms with van der Waals surface area (Å²) in [7, 11) is 0. The number of aliphatic hydroxyl groups excluding tert-OH is 1. The standard InChI is InChI=1S/C22H27N5O9/c28-8-16-19(27-22(34)14-7-23-11-25-14)20(36-10-18(31)32)15(9-35-16)26-17(30)5-6-24-21(33)12-1-3-13(29)4-2-12/h1-4,7,11,15-16,19-20,28-29H,5-6,8-10H2,(H,23,25)(H,24,33)(H,26,30)(H,27,34)(H,31,32). The molecule has 4 atom stereocenters. The van der Waals surface area contributed by atoms with Gasteiger partial charge < -0.3 is 45.7 Å². The Kier molecular flexibility index (Phi) is 9.32. The summed E-state index contributed by atoms with van der Waals surface area (Å²) in [6, 6.07) is 3.73. The van der Waals surface area contributed by atoms with Gasteiger partial charge in [-0.2, -0.15) is 0 Å². The van der Waals surface area contributed by atoms with Gasteiger partial charge in [-0.1, -0.05) is 0 Å². The molecule has 1 fully saturated rings. The first-order chi connectivity index (χ1) is 17.3. The van der Waals surface area contributed by atoms with Gasteiger partial charge in [-0.25, -0.2) is 9.78 Å². The monoisotopic (exact) mass is 505 g/mol. The number of aromatic nitrogens is 2. The Balaban J connectivity index is 1.62. The molecule has 0 saturated carbocycles. The number of nitrogens with zero attached hydrogens (tertiary/aromatic N) is 1. The molecule has 1 aromatic carbocycles. The molecule has 0 spiro atoms. The SMILES string of the molecule is O=C(O)COC1C(NC(=O)CCNC(=O)c2ccc(O)cc2)COC(CO)C1NC(=O)c1cnc[nH]1. The van der Waals surface area contributed by atoms with Crippen molar-refractivity contribution >= 4 is 23.7 Å². The molecule has 2 aromatic rings. The van der Waals surface area contributed by atoms with Crippen LogP contribution in [0.25, 0.3) is 0 Å². The summed E-state index contributed by atoms with van der Waals surface area (Å²) in [5, 5.41) is 36.0. The number of H-pyrrole nitrogens is 1. The maximum Gasteiger partial charge on any atom is 0.329 e. The Morgan fingerprint density at radius 1 is 1.14 bits per heavy atom. The van der Waals surface area contributed by atoms with Crippen molar-refractivity contribution in [2.24, 2.45) is 0 Å². The van der Waals surface area contributed by atoms with Crippen molar-refractivity contribution < 1.29 is 44.0 Å². The maximum absolute atomic E-state index is 12.6. The molecule has 0 aliphatic carbocycles. The number of phenolic OH excluding ortho intramolecular Hbond substituents is 1. The zero-order valence-electron chi connectivity index (χ0n) is 19.0. The largest absolute Gasteiger partial charge is 0.508 e. The number of aliphatic hydroxyl groups is 1. The summed E-state index contributed by atoms with van der Waals surface area (Å²) < 4.78 is 11.1. The Morgan fingerprint density at radius 2 is 1.89 bits per heavy atom. The molecule has 36 heavy (non-hydrogen) atoms. The van der Waals surface area contributed by atoms with Crippen molar-refractivity contribution in [1.29, 1.82) is 0 Å². The Hall–Kier alpha value is -4.01. The molecule has 194 valence electrons. The van der Waals surface area contributed by atoms with Crippen LogP contribution in [0.3, 0.4) is 0 Å². The van der Waals surface area contributed by atoms with Crippen LogP contribution in [0, 0.1) is 0 Å². The van der Waals surface area contributed by atoms with E-state index in [1.807, 2.05) is 0 Å². The summed E-state index contributed by atoms with van der Waals surface area (Å²) in [5.74, 6) is -2.75. The maximum atomic E-state index is 12.6. The van der Waals surface area contributed by atoms with Crippen LogP contribution in [0.5, 0.6) is 5.75 Å². The van der Waals surface area contributed by atoms with Gasteiger partial charge in [-0.05, 0) is 24.3 Å². The van der Waals surface area contributed by atoms with Gasteiger partial charge in [0.25, 0.3) is 11.8 Å². The molecule has 1 aliphatic rings. The Labute approximate surface area is 205 Å². The number of benzene rings is 1. The lowest BCUT2D eigenvalue weighted by Gasteiger charge is -2.42. The van der Waals surface area contributed by atoms with E-state index in [-0.39, 0.29) is 31.0 Å². The Bertz CT molecular complexity index is 1040. The van der Waals surface area contributed by atoms with Crippen molar-refractivity contribution in [3.8, 4) is 5.75 Å². The van der Waals surface area contributed by atoms with Gasteiger partial charge in [0.15, 0.2) is 0 Å². The number of rotatable bonds is 11. The number of phenols is 1. The van der Waals surface area contributed by atoms with Gasteiger partial charge in [0.2, 0.25) is 5.91 Å². The second kappa shape index (κ2) is 12.6. The lowest BCUT2D eigenvalue weighted by atomic mass is 9.94. The van der Waals surface area contributed by atoms with Crippen LogP contribution >= 0.6 is 0 Å². The molecule has 0 bridgehead atoms. The number of imidazole rings is 1. The molecule has 1 aromatic heterocycles. The van der Waals surface area contributed by atoms with E-state index in [0.29, 0.717) is 5.56 Å². The summed E-state index contributed by atoms with van der Waals surface area (Å²) in [4.78, 5) is 54.8. The number of carboxylic acid groups (broad SMARTS) is 1. The van der Waals surface area contributed by atoms with Crippen molar-refractivity contribution in [3.63, 3.8) is 0 Å². The molecule has 3 rings (SSSR count). The van der Waals surface area contributed by atoms with Crippen LogP contribution in [0.4, 0.5) is 0 Å². The topological polar surface area (TPSA) is 212 Å². The van der Waals surface area contributed by atoms with Crippen LogP contribution in [0.1, 0.15) is 27.3 Å². The predicted octanol–water partition coefficient (Wildman–Crippen LogP) is -1.62. The summed E-state index contributed by atoms with van der Waals surface area (Å²) in [5.41, 5.74) is 0.432. The summed E-state index contributed by atoms with van der Waals surface area (Å²) >= 11 is 0. The van der Waals surface area contributed by atoms with Gasteiger partial charge in [-0.3, -0.25) is 14.4 Å². The number of amides is 3. The smallest absolute Gasteiger partial charge is 0.329 e. The number of ether oxygens (including phenoxy) is 2. The van der Waals surface area contributed by atoms with Gasteiger partial charge in [0, 0.05) is 18.5 Å². The number of aromatic amines is 1. The van der Waals surface area contributed by atoms with E-state index in [9.17, 15) is 29.4 Å². The highest BCUT2D eigenvalue weighted by molar-refractivity contribution is 5.94. The molecular weight excluding hydrogens is 478 g/mol. The molecular formula is C22H27N5O9. The van der Waals surface area contributed by atoms with E-state index in [4.69, 9.17) is 14.6 Å². The van der Waals surface area contributed by atoms with Gasteiger partial charge in [-0.15, -0.1) is 0 Å². The third-order valence-electron chi connectivity index (χ3n) is 5.37. The Morgan fingerprint density at radius 3 is 2.53 bits per heavy atom. The van der Waals surface area contributed by atoms with Crippen LogP contribution < -0.4 is 16.0 Å². The van der Waals surface area contributed by atoms with E-state index in [2.05, 4.69) is 25.9 Å². The molecule has 0 radical (unpaired) electrons. The fraction of sp³-hybridized carbons (Fsp3) is 0.409. The van der Waals surface area contributed by atoms with E-state index >= 15 is 0 Å². The minimum atomic E-state index is -1.26. The number of carbonyl (C=O) groups excluding carboxylic acids is 3. The minimum absolute atomic E-state index is 0.000969. The van der Waals surface area contributed by atoms with Crippen LogP contribution in [-0.4, -0.2) is 99.6 Å². The number of hydrogen-bond donors (Lipinski definition) is 7. The zero-order chi connectivity index (χ0) is 26.1. The van der Waals surface area contributed by atoms with E-state index in [0.717, 1.165) is 0 Å². The third-order valence-corrected chi connectivity index (χ3v) is 5.37. The van der Waals surface area contributed by atoms with Crippen LogP contribution in [-0.2, 0) is 19.1 Å². The third kappa shape index (κ3) is 7.24. The van der Waals surface area contributed by atoms with Crippen molar-refractivity contribution in [2.75, 3.05) is 26.4 Å². The fourth-order valence-electron chi connectivity index (χ4n) is 3.63. The second-order valence-electron chi connectivity index (χ2n) is 7.92. The molecule has 1 aliphatic heterocycles. The van der Waals surface area contributed by atoms with Gasteiger partial charge in [0.05, 0.1) is 37.8 Å². The number of aromatic hydroxyl groups is 1. The highest BCUT2D eigenvalue weighted by Gasteiger charge is 2.43. The molecule has 3 amide bonds. The van der Waals surface area contributed by atoms with Crippen LogP contribution in [0.15, 0.2) is 36.8 Å². The van der Waals surface area contributed by atoms with Gasteiger partial charge in [0.1, 0.15) is 30.3 Å². The molecule has 14 nitrogen and oxygen atoms in total. The average Bonchev–Trinajstić information content (AvgIpc) is 3.39. The molecule has 14 heteroatoms. The number of hydrogen-bond acceptors (Lipinski definition) is 9. The van der Waals surface area contributed by atoms with E-state index in [1.54, 1.807) is 0 Å². The minimum Gasteiger partial charge on any atom is -0.508 e. The number of nitrogens with one attached hydrogen (secondary N) is 4. The zero-order valence-corrected chi connectivity index (χ0v) is 19.0. The highest BCUT2D eigenvalue weighted by atomic mass is 16.5.